The van der Waals surface area contributed by atoms with Gasteiger partial charge in [-0.05, 0) is 29.8 Å². The summed E-state index contributed by atoms with van der Waals surface area (Å²) in [5, 5.41) is 5.40. The van der Waals surface area contributed by atoms with Crippen molar-refractivity contribution in [3.8, 4) is 16.8 Å². The highest BCUT2D eigenvalue weighted by Gasteiger charge is 2.15. The van der Waals surface area contributed by atoms with E-state index in [9.17, 15) is 9.00 Å². The molecular weight excluding hydrogens is 336 g/mol. The van der Waals surface area contributed by atoms with Gasteiger partial charge in [-0.15, -0.1) is 0 Å². The third-order valence-corrected chi connectivity index (χ3v) is 4.75. The fraction of sp³-hybridized carbons (Fsp3) is 0. The van der Waals surface area contributed by atoms with E-state index in [0.29, 0.717) is 15.9 Å². The largest absolute Gasteiger partial charge is 0.311 e. The SMILES string of the molecule is NS(=O)c1ccc(-c2cn(-c3ccccc3)c3c(=O)[nH]cnc23)cc1. The lowest BCUT2D eigenvalue weighted by atomic mass is 10.1. The Kier molecular flexibility index (Phi) is 3.79. The molecule has 25 heavy (non-hydrogen) atoms. The second-order valence-corrected chi connectivity index (χ2v) is 6.57. The zero-order valence-corrected chi connectivity index (χ0v) is 13.9. The molecule has 6 nitrogen and oxygen atoms in total. The van der Waals surface area contributed by atoms with Gasteiger partial charge < -0.3 is 9.55 Å². The van der Waals surface area contributed by atoms with E-state index in [2.05, 4.69) is 9.97 Å². The zero-order valence-electron chi connectivity index (χ0n) is 13.0. The molecule has 0 aliphatic rings. The van der Waals surface area contributed by atoms with Gasteiger partial charge in [-0.1, -0.05) is 30.3 Å². The maximum Gasteiger partial charge on any atom is 0.275 e. The summed E-state index contributed by atoms with van der Waals surface area (Å²) in [6.07, 6.45) is 3.28. The molecule has 3 N–H and O–H groups in total. The van der Waals surface area contributed by atoms with Gasteiger partial charge in [-0.2, -0.15) is 0 Å². The van der Waals surface area contributed by atoms with E-state index >= 15 is 0 Å². The summed E-state index contributed by atoms with van der Waals surface area (Å²) in [5.41, 5.74) is 3.44. The molecule has 7 heteroatoms. The predicted molar refractivity (Wildman–Crippen MR) is 97.7 cm³/mol. The summed E-state index contributed by atoms with van der Waals surface area (Å²) in [6, 6.07) is 16.7. The molecule has 0 saturated heterocycles. The number of rotatable bonds is 3. The van der Waals surface area contributed by atoms with E-state index in [4.69, 9.17) is 5.14 Å². The zero-order chi connectivity index (χ0) is 17.4. The smallest absolute Gasteiger partial charge is 0.275 e. The highest BCUT2D eigenvalue weighted by Crippen LogP contribution is 2.29. The molecule has 0 saturated carbocycles. The van der Waals surface area contributed by atoms with Gasteiger partial charge in [0.1, 0.15) is 22.0 Å². The molecule has 2 aromatic carbocycles. The lowest BCUT2D eigenvalue weighted by Gasteiger charge is -2.03. The van der Waals surface area contributed by atoms with Gasteiger partial charge in [0, 0.05) is 17.4 Å². The third kappa shape index (κ3) is 2.69. The Bertz CT molecular complexity index is 1130. The summed E-state index contributed by atoms with van der Waals surface area (Å²) in [7, 11) is -1.52. The molecule has 4 rings (SSSR count). The number of nitrogens with two attached hydrogens (primary N) is 1. The Labute approximate surface area is 145 Å². The average Bonchev–Trinajstić information content (AvgIpc) is 3.03. The highest BCUT2D eigenvalue weighted by atomic mass is 32.2. The molecule has 0 aliphatic heterocycles. The first kappa shape index (κ1) is 15.5. The van der Waals surface area contributed by atoms with Crippen LogP contribution in [0.2, 0.25) is 0 Å². The standard InChI is InChI=1S/C18H14N4O2S/c19-25(24)14-8-6-12(7-9-14)15-10-22(13-4-2-1-3-5-13)17-16(15)20-11-21-18(17)23/h1-11H,19H2,(H,20,21,23). The number of para-hydroxylation sites is 1. The minimum Gasteiger partial charge on any atom is -0.311 e. The lowest BCUT2D eigenvalue weighted by Crippen LogP contribution is -2.09. The van der Waals surface area contributed by atoms with Gasteiger partial charge in [-0.3, -0.25) is 4.79 Å². The van der Waals surface area contributed by atoms with Crippen LogP contribution in [0.3, 0.4) is 0 Å². The maximum absolute atomic E-state index is 12.4. The van der Waals surface area contributed by atoms with Gasteiger partial charge in [-0.25, -0.2) is 14.3 Å². The second kappa shape index (κ2) is 6.12. The van der Waals surface area contributed by atoms with Crippen molar-refractivity contribution in [2.45, 2.75) is 4.90 Å². The van der Waals surface area contributed by atoms with Crippen molar-refractivity contribution in [3.05, 3.63) is 77.5 Å². The first-order valence-electron chi connectivity index (χ1n) is 7.56. The summed E-state index contributed by atoms with van der Waals surface area (Å²) < 4.78 is 13.2. The molecule has 1 atom stereocenters. The number of hydrogen-bond acceptors (Lipinski definition) is 3. The first-order chi connectivity index (χ1) is 12.1. The van der Waals surface area contributed by atoms with Crippen molar-refractivity contribution in [1.29, 1.82) is 0 Å². The molecule has 4 aromatic rings. The van der Waals surface area contributed by atoms with Crippen molar-refractivity contribution < 1.29 is 4.21 Å². The molecule has 0 spiro atoms. The molecule has 0 bridgehead atoms. The Morgan fingerprint density at radius 2 is 1.76 bits per heavy atom. The van der Waals surface area contributed by atoms with Crippen LogP contribution in [-0.2, 0) is 11.0 Å². The predicted octanol–water partition coefficient (Wildman–Crippen LogP) is 2.36. The molecule has 0 aliphatic carbocycles. The summed E-state index contributed by atoms with van der Waals surface area (Å²) in [5.74, 6) is 0. The summed E-state index contributed by atoms with van der Waals surface area (Å²) in [6.45, 7) is 0. The third-order valence-electron chi connectivity index (χ3n) is 4.01. The molecule has 2 heterocycles. The van der Waals surface area contributed by atoms with Gasteiger partial charge in [0.15, 0.2) is 0 Å². The van der Waals surface area contributed by atoms with Crippen molar-refractivity contribution in [2.24, 2.45) is 5.14 Å². The van der Waals surface area contributed by atoms with Crippen molar-refractivity contribution in [3.63, 3.8) is 0 Å². The van der Waals surface area contributed by atoms with E-state index in [1.165, 1.54) is 6.33 Å². The van der Waals surface area contributed by atoms with Crippen LogP contribution in [0.15, 0.2) is 76.8 Å². The topological polar surface area (TPSA) is 93.8 Å². The molecule has 0 radical (unpaired) electrons. The maximum atomic E-state index is 12.4. The van der Waals surface area contributed by atoms with Crippen molar-refractivity contribution in [2.75, 3.05) is 0 Å². The minimum atomic E-state index is -1.52. The monoisotopic (exact) mass is 350 g/mol. The summed E-state index contributed by atoms with van der Waals surface area (Å²) >= 11 is 0. The Morgan fingerprint density at radius 1 is 1.04 bits per heavy atom. The number of hydrogen-bond donors (Lipinski definition) is 2. The molecule has 124 valence electrons. The molecular formula is C18H14N4O2S. The van der Waals surface area contributed by atoms with Gasteiger partial charge >= 0.3 is 0 Å². The quantitative estimate of drug-likeness (QED) is 0.594. The van der Waals surface area contributed by atoms with Gasteiger partial charge in [0.25, 0.3) is 5.56 Å². The fourth-order valence-electron chi connectivity index (χ4n) is 2.84. The summed E-state index contributed by atoms with van der Waals surface area (Å²) in [4.78, 5) is 19.9. The van der Waals surface area contributed by atoms with Crippen LogP contribution in [0, 0.1) is 0 Å². The fourth-order valence-corrected chi connectivity index (χ4v) is 3.24. The Balaban J connectivity index is 1.98. The van der Waals surface area contributed by atoms with Crippen LogP contribution in [0.5, 0.6) is 0 Å². The molecule has 2 aromatic heterocycles. The van der Waals surface area contributed by atoms with E-state index in [-0.39, 0.29) is 5.56 Å². The molecule has 0 fully saturated rings. The molecule has 1 unspecified atom stereocenters. The number of nitrogens with zero attached hydrogens (tertiary/aromatic N) is 2. The number of aromatic amines is 1. The Morgan fingerprint density at radius 3 is 2.44 bits per heavy atom. The van der Waals surface area contributed by atoms with Crippen LogP contribution in [-0.4, -0.2) is 18.7 Å². The van der Waals surface area contributed by atoms with Gasteiger partial charge in [0.2, 0.25) is 0 Å². The van der Waals surface area contributed by atoms with E-state index in [1.807, 2.05) is 53.2 Å². The van der Waals surface area contributed by atoms with Crippen molar-refractivity contribution >= 4 is 22.0 Å². The normalized spacial score (nSPS) is 12.4. The number of nitrogens with one attached hydrogen (secondary N) is 1. The van der Waals surface area contributed by atoms with Crippen LogP contribution in [0.4, 0.5) is 0 Å². The lowest BCUT2D eigenvalue weighted by molar-refractivity contribution is 0.684. The van der Waals surface area contributed by atoms with Crippen LogP contribution in [0.1, 0.15) is 0 Å². The average molecular weight is 350 g/mol. The second-order valence-electron chi connectivity index (χ2n) is 5.50. The van der Waals surface area contributed by atoms with Crippen LogP contribution < -0.4 is 10.7 Å². The first-order valence-corrected chi connectivity index (χ1v) is 8.77. The number of H-pyrrole nitrogens is 1. The van der Waals surface area contributed by atoms with Crippen LogP contribution >= 0.6 is 0 Å². The Hall–Kier alpha value is -3.03. The number of aromatic nitrogens is 3. The number of benzene rings is 2. The molecule has 0 amide bonds. The van der Waals surface area contributed by atoms with Crippen molar-refractivity contribution in [1.82, 2.24) is 14.5 Å². The highest BCUT2D eigenvalue weighted by molar-refractivity contribution is 7.82. The van der Waals surface area contributed by atoms with Crippen LogP contribution in [0.25, 0.3) is 27.8 Å². The van der Waals surface area contributed by atoms with E-state index in [1.54, 1.807) is 12.1 Å². The van der Waals surface area contributed by atoms with Gasteiger partial charge in [0.05, 0.1) is 11.2 Å². The minimum absolute atomic E-state index is 0.209. The van der Waals surface area contributed by atoms with E-state index in [0.717, 1.165) is 16.8 Å². The van der Waals surface area contributed by atoms with E-state index < -0.39 is 11.0 Å². The number of fused-ring (bicyclic) bond motifs is 1.